The molecule has 0 aliphatic heterocycles. The fourth-order valence-corrected chi connectivity index (χ4v) is 1.60. The first-order valence-electron chi connectivity index (χ1n) is 5.49. The van der Waals surface area contributed by atoms with Gasteiger partial charge in [-0.2, -0.15) is 0 Å². The van der Waals surface area contributed by atoms with Crippen molar-refractivity contribution in [1.29, 1.82) is 0 Å². The molecule has 2 rings (SSSR count). The SMILES string of the molecule is COc1ccc(C[CH]c2ccc(F)cc2)cc1. The normalized spacial score (nSPS) is 10.2. The summed E-state index contributed by atoms with van der Waals surface area (Å²) in [4.78, 5) is 0. The van der Waals surface area contributed by atoms with E-state index in [4.69, 9.17) is 4.74 Å². The van der Waals surface area contributed by atoms with Crippen LogP contribution in [-0.4, -0.2) is 7.11 Å². The number of rotatable bonds is 4. The van der Waals surface area contributed by atoms with Crippen LogP contribution in [0.4, 0.5) is 4.39 Å². The van der Waals surface area contributed by atoms with E-state index in [1.807, 2.05) is 24.3 Å². The van der Waals surface area contributed by atoms with Gasteiger partial charge in [-0.25, -0.2) is 4.39 Å². The molecule has 0 N–H and O–H groups in total. The maximum atomic E-state index is 12.7. The lowest BCUT2D eigenvalue weighted by molar-refractivity contribution is 0.414. The fourth-order valence-electron chi connectivity index (χ4n) is 1.60. The summed E-state index contributed by atoms with van der Waals surface area (Å²) >= 11 is 0. The molecule has 0 unspecified atom stereocenters. The van der Waals surface area contributed by atoms with E-state index in [0.717, 1.165) is 17.7 Å². The Kier molecular flexibility index (Phi) is 3.76. The summed E-state index contributed by atoms with van der Waals surface area (Å²) in [7, 11) is 1.65. The number of methoxy groups -OCH3 is 1. The van der Waals surface area contributed by atoms with Gasteiger partial charge in [0.05, 0.1) is 7.11 Å². The average molecular weight is 229 g/mol. The first kappa shape index (κ1) is 11.6. The summed E-state index contributed by atoms with van der Waals surface area (Å²) in [6, 6.07) is 14.4. The van der Waals surface area contributed by atoms with Gasteiger partial charge in [0.25, 0.3) is 0 Å². The highest BCUT2D eigenvalue weighted by Crippen LogP contribution is 2.14. The van der Waals surface area contributed by atoms with Crippen LogP contribution in [-0.2, 0) is 6.42 Å². The third kappa shape index (κ3) is 3.31. The van der Waals surface area contributed by atoms with Gasteiger partial charge in [-0.1, -0.05) is 24.3 Å². The second-order valence-corrected chi connectivity index (χ2v) is 3.81. The maximum absolute atomic E-state index is 12.7. The lowest BCUT2D eigenvalue weighted by atomic mass is 10.0. The molecule has 87 valence electrons. The molecular weight excluding hydrogens is 215 g/mol. The first-order chi connectivity index (χ1) is 8.28. The minimum absolute atomic E-state index is 0.202. The monoisotopic (exact) mass is 229 g/mol. The maximum Gasteiger partial charge on any atom is 0.123 e. The molecule has 2 aromatic rings. The highest BCUT2D eigenvalue weighted by Gasteiger charge is 1.98. The molecule has 0 saturated carbocycles. The van der Waals surface area contributed by atoms with E-state index in [9.17, 15) is 4.39 Å². The molecule has 0 atom stereocenters. The number of benzene rings is 2. The predicted octanol–water partition coefficient (Wildman–Crippen LogP) is 3.63. The van der Waals surface area contributed by atoms with Crippen LogP contribution in [0.5, 0.6) is 5.75 Å². The van der Waals surface area contributed by atoms with Crippen molar-refractivity contribution in [2.24, 2.45) is 0 Å². The van der Waals surface area contributed by atoms with Crippen molar-refractivity contribution in [1.82, 2.24) is 0 Å². The van der Waals surface area contributed by atoms with Crippen LogP contribution < -0.4 is 4.74 Å². The summed E-state index contributed by atoms with van der Waals surface area (Å²) in [6.07, 6.45) is 2.90. The Bertz CT molecular complexity index is 459. The van der Waals surface area contributed by atoms with Gasteiger partial charge in [-0.05, 0) is 48.2 Å². The minimum Gasteiger partial charge on any atom is -0.497 e. The number of halogens is 1. The fraction of sp³-hybridized carbons (Fsp3) is 0.133. The molecule has 0 fully saturated rings. The summed E-state index contributed by atoms with van der Waals surface area (Å²) in [5, 5.41) is 0. The lowest BCUT2D eigenvalue weighted by Crippen LogP contribution is -1.89. The van der Waals surface area contributed by atoms with Gasteiger partial charge in [0.2, 0.25) is 0 Å². The van der Waals surface area contributed by atoms with Crippen LogP contribution in [0.1, 0.15) is 11.1 Å². The van der Waals surface area contributed by atoms with Crippen LogP contribution in [0.25, 0.3) is 0 Å². The molecular formula is C15H14FO. The molecule has 0 saturated heterocycles. The van der Waals surface area contributed by atoms with Gasteiger partial charge < -0.3 is 4.74 Å². The number of hydrogen-bond donors (Lipinski definition) is 0. The zero-order valence-corrected chi connectivity index (χ0v) is 9.69. The Morgan fingerprint density at radius 2 is 1.65 bits per heavy atom. The van der Waals surface area contributed by atoms with E-state index in [1.54, 1.807) is 19.2 Å². The van der Waals surface area contributed by atoms with Crippen molar-refractivity contribution in [3.63, 3.8) is 0 Å². The Morgan fingerprint density at radius 1 is 1.00 bits per heavy atom. The van der Waals surface area contributed by atoms with E-state index >= 15 is 0 Å². The van der Waals surface area contributed by atoms with Gasteiger partial charge in [0.15, 0.2) is 0 Å². The Hall–Kier alpha value is -1.83. The second-order valence-electron chi connectivity index (χ2n) is 3.81. The third-order valence-electron chi connectivity index (χ3n) is 2.60. The van der Waals surface area contributed by atoms with Crippen molar-refractivity contribution >= 4 is 0 Å². The molecule has 0 bridgehead atoms. The zero-order chi connectivity index (χ0) is 12.1. The molecule has 2 heteroatoms. The molecule has 1 radical (unpaired) electrons. The van der Waals surface area contributed by atoms with Crippen molar-refractivity contribution in [2.45, 2.75) is 6.42 Å². The summed E-state index contributed by atoms with van der Waals surface area (Å²) < 4.78 is 17.8. The highest BCUT2D eigenvalue weighted by atomic mass is 19.1. The largest absolute Gasteiger partial charge is 0.497 e. The lowest BCUT2D eigenvalue weighted by Gasteiger charge is -2.03. The summed E-state index contributed by atoms with van der Waals surface area (Å²) in [5.41, 5.74) is 2.23. The summed E-state index contributed by atoms with van der Waals surface area (Å²) in [5.74, 6) is 0.655. The van der Waals surface area contributed by atoms with Crippen molar-refractivity contribution in [2.75, 3.05) is 7.11 Å². The van der Waals surface area contributed by atoms with Gasteiger partial charge in [-0.3, -0.25) is 0 Å². The quantitative estimate of drug-likeness (QED) is 0.778. The van der Waals surface area contributed by atoms with Gasteiger partial charge >= 0.3 is 0 Å². The van der Waals surface area contributed by atoms with Crippen LogP contribution in [0.3, 0.4) is 0 Å². The third-order valence-corrected chi connectivity index (χ3v) is 2.60. The number of ether oxygens (including phenoxy) is 1. The second kappa shape index (κ2) is 5.48. The standard InChI is InChI=1S/C15H14FO/c1-17-15-10-6-13(7-11-15)3-2-12-4-8-14(16)9-5-12/h2,4-11H,3H2,1H3. The van der Waals surface area contributed by atoms with Crippen LogP contribution in [0.15, 0.2) is 48.5 Å². The molecule has 17 heavy (non-hydrogen) atoms. The van der Waals surface area contributed by atoms with E-state index in [0.29, 0.717) is 0 Å². The predicted molar refractivity (Wildman–Crippen MR) is 66.5 cm³/mol. The van der Waals surface area contributed by atoms with Crippen molar-refractivity contribution in [3.8, 4) is 5.75 Å². The Morgan fingerprint density at radius 3 is 2.24 bits per heavy atom. The van der Waals surface area contributed by atoms with Gasteiger partial charge in [0.1, 0.15) is 11.6 Å². The first-order valence-corrected chi connectivity index (χ1v) is 5.49. The Balaban J connectivity index is 1.95. The molecule has 0 aliphatic rings. The van der Waals surface area contributed by atoms with Gasteiger partial charge in [-0.15, -0.1) is 0 Å². The number of hydrogen-bond acceptors (Lipinski definition) is 1. The van der Waals surface area contributed by atoms with E-state index < -0.39 is 0 Å². The van der Waals surface area contributed by atoms with E-state index in [2.05, 4.69) is 6.42 Å². The molecule has 0 aromatic heterocycles. The van der Waals surface area contributed by atoms with Crippen LogP contribution in [0.2, 0.25) is 0 Å². The Labute approximate surface area is 101 Å². The highest BCUT2D eigenvalue weighted by molar-refractivity contribution is 5.31. The molecule has 0 spiro atoms. The van der Waals surface area contributed by atoms with Crippen LogP contribution >= 0.6 is 0 Å². The molecule has 0 amide bonds. The minimum atomic E-state index is -0.202. The van der Waals surface area contributed by atoms with Crippen LogP contribution in [0, 0.1) is 12.2 Å². The molecule has 2 aromatic carbocycles. The average Bonchev–Trinajstić information content (AvgIpc) is 2.39. The smallest absolute Gasteiger partial charge is 0.123 e. The van der Waals surface area contributed by atoms with Crippen molar-refractivity contribution < 1.29 is 9.13 Å². The summed E-state index contributed by atoms with van der Waals surface area (Å²) in [6.45, 7) is 0. The molecule has 1 nitrogen and oxygen atoms in total. The van der Waals surface area contributed by atoms with E-state index in [-0.39, 0.29) is 5.82 Å². The molecule has 0 aliphatic carbocycles. The topological polar surface area (TPSA) is 9.23 Å². The molecule has 0 heterocycles. The zero-order valence-electron chi connectivity index (χ0n) is 9.69. The van der Waals surface area contributed by atoms with Gasteiger partial charge in [0, 0.05) is 0 Å². The van der Waals surface area contributed by atoms with E-state index in [1.165, 1.54) is 17.7 Å². The van der Waals surface area contributed by atoms with Crippen molar-refractivity contribution in [3.05, 3.63) is 71.9 Å².